The smallest absolute Gasteiger partial charge is 0.312 e. The molecule has 2 aliphatic rings. The van der Waals surface area contributed by atoms with Crippen molar-refractivity contribution in [3.63, 3.8) is 0 Å². The first-order valence-corrected chi connectivity index (χ1v) is 5.30. The first-order valence-electron chi connectivity index (χ1n) is 5.30. The molecule has 1 aliphatic heterocycles. The highest BCUT2D eigenvalue weighted by atomic mass is 16.9. The maximum atomic E-state index is 5.84. The van der Waals surface area contributed by atoms with Crippen molar-refractivity contribution in [3.05, 3.63) is 35.9 Å². The molecule has 0 radical (unpaired) electrons. The Labute approximate surface area is 89.0 Å². The second-order valence-electron chi connectivity index (χ2n) is 4.02. The van der Waals surface area contributed by atoms with E-state index in [4.69, 9.17) is 14.2 Å². The third kappa shape index (κ3) is 1.31. The standard InChI is InChI=1S/C12H14O3/c1-13-12(9-5-3-2-4-6-9)14-10-7-8-11(10)15-12/h2-6,10-11H,7-8H2,1H3. The molecule has 15 heavy (non-hydrogen) atoms. The molecule has 0 spiro atoms. The summed E-state index contributed by atoms with van der Waals surface area (Å²) >= 11 is 0. The largest absolute Gasteiger partial charge is 0.327 e. The summed E-state index contributed by atoms with van der Waals surface area (Å²) in [5.41, 5.74) is 0.932. The summed E-state index contributed by atoms with van der Waals surface area (Å²) in [5, 5.41) is 0. The summed E-state index contributed by atoms with van der Waals surface area (Å²) in [6.07, 6.45) is 2.57. The number of benzene rings is 1. The minimum Gasteiger partial charge on any atom is -0.327 e. The van der Waals surface area contributed by atoms with Crippen LogP contribution in [0.5, 0.6) is 0 Å². The van der Waals surface area contributed by atoms with Crippen molar-refractivity contribution in [2.24, 2.45) is 0 Å². The Morgan fingerprint density at radius 3 is 2.20 bits per heavy atom. The van der Waals surface area contributed by atoms with Crippen LogP contribution in [0.3, 0.4) is 0 Å². The first kappa shape index (κ1) is 9.33. The van der Waals surface area contributed by atoms with Crippen LogP contribution in [0, 0.1) is 0 Å². The quantitative estimate of drug-likeness (QED) is 0.741. The van der Waals surface area contributed by atoms with E-state index >= 15 is 0 Å². The fourth-order valence-corrected chi connectivity index (χ4v) is 2.13. The lowest BCUT2D eigenvalue weighted by Gasteiger charge is -2.25. The van der Waals surface area contributed by atoms with Crippen LogP contribution in [0.25, 0.3) is 0 Å². The SMILES string of the molecule is COC1(c2ccccc2)OC2CCC2O1. The van der Waals surface area contributed by atoms with Crippen molar-refractivity contribution in [1.29, 1.82) is 0 Å². The van der Waals surface area contributed by atoms with Crippen molar-refractivity contribution in [2.45, 2.75) is 31.0 Å². The molecule has 3 heteroatoms. The molecule has 1 aliphatic carbocycles. The molecule has 1 saturated carbocycles. The summed E-state index contributed by atoms with van der Waals surface area (Å²) in [6, 6.07) is 9.82. The number of hydrogen-bond acceptors (Lipinski definition) is 3. The van der Waals surface area contributed by atoms with Gasteiger partial charge in [0.25, 0.3) is 0 Å². The van der Waals surface area contributed by atoms with Crippen LogP contribution in [0.2, 0.25) is 0 Å². The van der Waals surface area contributed by atoms with Crippen LogP contribution < -0.4 is 0 Å². The van der Waals surface area contributed by atoms with E-state index in [-0.39, 0.29) is 12.2 Å². The zero-order chi connectivity index (χ0) is 10.3. The molecule has 3 rings (SSSR count). The van der Waals surface area contributed by atoms with Gasteiger partial charge in [-0.15, -0.1) is 0 Å². The molecule has 0 amide bonds. The van der Waals surface area contributed by atoms with Crippen molar-refractivity contribution in [2.75, 3.05) is 7.11 Å². The highest BCUT2D eigenvalue weighted by molar-refractivity contribution is 5.19. The molecule has 0 N–H and O–H groups in total. The lowest BCUT2D eigenvalue weighted by molar-refractivity contribution is -0.339. The number of methoxy groups -OCH3 is 1. The second-order valence-corrected chi connectivity index (χ2v) is 4.02. The van der Waals surface area contributed by atoms with Crippen molar-refractivity contribution < 1.29 is 14.2 Å². The van der Waals surface area contributed by atoms with E-state index in [2.05, 4.69) is 0 Å². The highest BCUT2D eigenvalue weighted by Gasteiger charge is 2.53. The molecule has 2 atom stereocenters. The molecule has 80 valence electrons. The van der Waals surface area contributed by atoms with Crippen LogP contribution in [-0.2, 0) is 20.2 Å². The maximum absolute atomic E-state index is 5.84. The topological polar surface area (TPSA) is 27.7 Å². The van der Waals surface area contributed by atoms with Gasteiger partial charge in [0.2, 0.25) is 0 Å². The Morgan fingerprint density at radius 2 is 1.73 bits per heavy atom. The number of fused-ring (bicyclic) bond motifs is 1. The van der Waals surface area contributed by atoms with Gasteiger partial charge in [-0.2, -0.15) is 0 Å². The number of hydrogen-bond donors (Lipinski definition) is 0. The van der Waals surface area contributed by atoms with E-state index in [9.17, 15) is 0 Å². The van der Waals surface area contributed by atoms with E-state index in [0.29, 0.717) is 0 Å². The lowest BCUT2D eigenvalue weighted by Crippen LogP contribution is -2.33. The molecule has 1 aromatic carbocycles. The maximum Gasteiger partial charge on any atom is 0.312 e. The summed E-state index contributed by atoms with van der Waals surface area (Å²) in [6.45, 7) is 0. The molecule has 2 unspecified atom stereocenters. The number of rotatable bonds is 2. The van der Waals surface area contributed by atoms with Gasteiger partial charge in [0, 0.05) is 12.7 Å². The zero-order valence-corrected chi connectivity index (χ0v) is 8.68. The normalized spacial score (nSPS) is 38.5. The van der Waals surface area contributed by atoms with Crippen molar-refractivity contribution in [3.8, 4) is 0 Å². The fraction of sp³-hybridized carbons (Fsp3) is 0.500. The Balaban J connectivity index is 1.93. The van der Waals surface area contributed by atoms with Crippen molar-refractivity contribution in [1.82, 2.24) is 0 Å². The van der Waals surface area contributed by atoms with Gasteiger partial charge in [0.1, 0.15) is 0 Å². The lowest BCUT2D eigenvalue weighted by atomic mass is 9.93. The molecule has 1 aromatic rings. The Kier molecular flexibility index (Phi) is 2.06. The van der Waals surface area contributed by atoms with Crippen LogP contribution in [0.1, 0.15) is 18.4 Å². The third-order valence-corrected chi connectivity index (χ3v) is 3.16. The molecule has 0 aromatic heterocycles. The third-order valence-electron chi connectivity index (χ3n) is 3.16. The Morgan fingerprint density at radius 1 is 1.13 bits per heavy atom. The summed E-state index contributed by atoms with van der Waals surface area (Å²) in [7, 11) is 1.62. The van der Waals surface area contributed by atoms with E-state index in [0.717, 1.165) is 18.4 Å². The van der Waals surface area contributed by atoms with Crippen LogP contribution >= 0.6 is 0 Å². The predicted octanol–water partition coefficient (Wildman–Crippen LogP) is 2.02. The minimum absolute atomic E-state index is 0.213. The molecule has 2 fully saturated rings. The summed E-state index contributed by atoms with van der Waals surface area (Å²) < 4.78 is 17.1. The van der Waals surface area contributed by atoms with Gasteiger partial charge in [-0.3, -0.25) is 0 Å². The molecule has 1 heterocycles. The van der Waals surface area contributed by atoms with Gasteiger partial charge in [0.15, 0.2) is 0 Å². The van der Waals surface area contributed by atoms with Crippen LogP contribution in [0.4, 0.5) is 0 Å². The van der Waals surface area contributed by atoms with Gasteiger partial charge < -0.3 is 14.2 Å². The molecule has 3 nitrogen and oxygen atoms in total. The second kappa shape index (κ2) is 3.30. The van der Waals surface area contributed by atoms with E-state index in [1.165, 1.54) is 0 Å². The molecular formula is C12H14O3. The Hall–Kier alpha value is -0.900. The van der Waals surface area contributed by atoms with Gasteiger partial charge in [-0.05, 0) is 12.8 Å². The van der Waals surface area contributed by atoms with Crippen molar-refractivity contribution >= 4 is 0 Å². The average molecular weight is 206 g/mol. The van der Waals surface area contributed by atoms with Gasteiger partial charge in [0.05, 0.1) is 12.2 Å². The molecule has 0 bridgehead atoms. The summed E-state index contributed by atoms with van der Waals surface area (Å²) in [5.74, 6) is -0.965. The predicted molar refractivity (Wildman–Crippen MR) is 54.1 cm³/mol. The average Bonchev–Trinajstić information content (AvgIpc) is 2.54. The van der Waals surface area contributed by atoms with E-state index < -0.39 is 5.97 Å². The molecule has 1 saturated heterocycles. The number of ether oxygens (including phenoxy) is 3. The monoisotopic (exact) mass is 206 g/mol. The highest BCUT2D eigenvalue weighted by Crippen LogP contribution is 2.45. The first-order chi connectivity index (χ1) is 7.34. The molecular weight excluding hydrogens is 192 g/mol. The van der Waals surface area contributed by atoms with E-state index in [1.54, 1.807) is 7.11 Å². The zero-order valence-electron chi connectivity index (χ0n) is 8.68. The van der Waals surface area contributed by atoms with Gasteiger partial charge >= 0.3 is 5.97 Å². The van der Waals surface area contributed by atoms with Crippen LogP contribution in [-0.4, -0.2) is 19.3 Å². The van der Waals surface area contributed by atoms with Gasteiger partial charge in [-0.1, -0.05) is 30.3 Å². The summed E-state index contributed by atoms with van der Waals surface area (Å²) in [4.78, 5) is 0. The Bertz CT molecular complexity index is 337. The van der Waals surface area contributed by atoms with Crippen LogP contribution in [0.15, 0.2) is 30.3 Å². The minimum atomic E-state index is -0.965. The van der Waals surface area contributed by atoms with Gasteiger partial charge in [-0.25, -0.2) is 0 Å². The fourth-order valence-electron chi connectivity index (χ4n) is 2.13. The van der Waals surface area contributed by atoms with E-state index in [1.807, 2.05) is 30.3 Å².